The van der Waals surface area contributed by atoms with E-state index in [0.717, 1.165) is 42.4 Å². The average molecular weight is 319 g/mol. The van der Waals surface area contributed by atoms with Crippen molar-refractivity contribution in [2.45, 2.75) is 39.3 Å². The fourth-order valence-corrected chi connectivity index (χ4v) is 3.55. The molecule has 0 radical (unpaired) electrons. The molecular formula is C16H25N5O2. The lowest BCUT2D eigenvalue weighted by atomic mass is 9.99. The number of hydrogen-bond acceptors (Lipinski definition) is 5. The fraction of sp³-hybridized carbons (Fsp3) is 0.688. The van der Waals surface area contributed by atoms with E-state index >= 15 is 0 Å². The number of carbonyl (C=O) groups excluding carboxylic acids is 1. The molecule has 1 aromatic heterocycles. The summed E-state index contributed by atoms with van der Waals surface area (Å²) in [6.07, 6.45) is 0.939. The summed E-state index contributed by atoms with van der Waals surface area (Å²) in [4.78, 5) is 25.4. The number of anilines is 1. The third kappa shape index (κ3) is 2.97. The Kier molecular flexibility index (Phi) is 4.39. The van der Waals surface area contributed by atoms with Crippen molar-refractivity contribution in [3.63, 3.8) is 0 Å². The molecule has 2 aliphatic heterocycles. The van der Waals surface area contributed by atoms with E-state index in [0.29, 0.717) is 13.2 Å². The fourth-order valence-electron chi connectivity index (χ4n) is 3.55. The van der Waals surface area contributed by atoms with Gasteiger partial charge in [-0.05, 0) is 27.2 Å². The predicted molar refractivity (Wildman–Crippen MR) is 87.8 cm³/mol. The molecule has 0 aromatic carbocycles. The SMILES string of the molecule is COCCN1C(=O)N[C@@H]2CN(c3nc(C)nc(C)c3C)CC[C@@H]21. The van der Waals surface area contributed by atoms with Crippen molar-refractivity contribution >= 4 is 11.8 Å². The first-order chi connectivity index (χ1) is 11.0. The summed E-state index contributed by atoms with van der Waals surface area (Å²) in [7, 11) is 1.66. The van der Waals surface area contributed by atoms with Gasteiger partial charge < -0.3 is 19.9 Å². The van der Waals surface area contributed by atoms with Gasteiger partial charge in [0.2, 0.25) is 0 Å². The van der Waals surface area contributed by atoms with Crippen molar-refractivity contribution in [2.24, 2.45) is 0 Å². The van der Waals surface area contributed by atoms with Crippen molar-refractivity contribution in [1.82, 2.24) is 20.2 Å². The number of methoxy groups -OCH3 is 1. The van der Waals surface area contributed by atoms with Crippen LogP contribution in [-0.2, 0) is 4.74 Å². The van der Waals surface area contributed by atoms with Gasteiger partial charge in [0.15, 0.2) is 0 Å². The van der Waals surface area contributed by atoms with Crippen molar-refractivity contribution in [2.75, 3.05) is 38.3 Å². The maximum Gasteiger partial charge on any atom is 0.318 e. The highest BCUT2D eigenvalue weighted by atomic mass is 16.5. The molecule has 2 amide bonds. The molecule has 7 heteroatoms. The van der Waals surface area contributed by atoms with Crippen molar-refractivity contribution in [3.8, 4) is 0 Å². The molecule has 3 heterocycles. The van der Waals surface area contributed by atoms with Gasteiger partial charge in [0.1, 0.15) is 11.6 Å². The van der Waals surface area contributed by atoms with Crippen LogP contribution < -0.4 is 10.2 Å². The number of hydrogen-bond donors (Lipinski definition) is 1. The highest BCUT2D eigenvalue weighted by Crippen LogP contribution is 2.28. The van der Waals surface area contributed by atoms with E-state index in [9.17, 15) is 4.79 Å². The highest BCUT2D eigenvalue weighted by molar-refractivity contribution is 5.78. The Bertz CT molecular complexity index is 606. The van der Waals surface area contributed by atoms with Crippen LogP contribution in [-0.4, -0.2) is 66.3 Å². The Labute approximate surface area is 137 Å². The van der Waals surface area contributed by atoms with E-state index in [1.54, 1.807) is 7.11 Å². The van der Waals surface area contributed by atoms with E-state index in [1.165, 1.54) is 0 Å². The molecule has 0 aliphatic carbocycles. The normalized spacial score (nSPS) is 23.9. The first-order valence-electron chi connectivity index (χ1n) is 8.14. The second kappa shape index (κ2) is 6.31. The Morgan fingerprint density at radius 3 is 2.83 bits per heavy atom. The number of nitrogens with one attached hydrogen (secondary N) is 1. The number of carbonyl (C=O) groups is 1. The lowest BCUT2D eigenvalue weighted by Crippen LogP contribution is -2.52. The number of aryl methyl sites for hydroxylation is 2. The molecule has 3 rings (SSSR count). The minimum absolute atomic E-state index is 0.0191. The number of amides is 2. The predicted octanol–water partition coefficient (Wildman–Crippen LogP) is 1.02. The van der Waals surface area contributed by atoms with Crippen LogP contribution in [0, 0.1) is 20.8 Å². The molecule has 126 valence electrons. The summed E-state index contributed by atoms with van der Waals surface area (Å²) >= 11 is 0. The monoisotopic (exact) mass is 319 g/mol. The van der Waals surface area contributed by atoms with E-state index in [4.69, 9.17) is 4.74 Å². The Balaban J connectivity index is 1.76. The highest BCUT2D eigenvalue weighted by Gasteiger charge is 2.42. The number of fused-ring (bicyclic) bond motifs is 1. The smallest absolute Gasteiger partial charge is 0.318 e. The zero-order chi connectivity index (χ0) is 16.6. The molecule has 23 heavy (non-hydrogen) atoms. The van der Waals surface area contributed by atoms with E-state index < -0.39 is 0 Å². The molecule has 0 bridgehead atoms. The van der Waals surface area contributed by atoms with Crippen LogP contribution in [0.25, 0.3) is 0 Å². The maximum absolute atomic E-state index is 12.2. The van der Waals surface area contributed by atoms with Crippen LogP contribution >= 0.6 is 0 Å². The number of rotatable bonds is 4. The molecule has 2 atom stereocenters. The molecule has 0 spiro atoms. The minimum atomic E-state index is 0.0191. The summed E-state index contributed by atoms with van der Waals surface area (Å²) < 4.78 is 5.12. The Hall–Kier alpha value is -1.89. The topological polar surface area (TPSA) is 70.6 Å². The van der Waals surface area contributed by atoms with Gasteiger partial charge in [-0.3, -0.25) is 0 Å². The quantitative estimate of drug-likeness (QED) is 0.897. The van der Waals surface area contributed by atoms with Crippen LogP contribution in [0.5, 0.6) is 0 Å². The van der Waals surface area contributed by atoms with E-state index in [2.05, 4.69) is 27.1 Å². The lowest BCUT2D eigenvalue weighted by molar-refractivity contribution is 0.140. The van der Waals surface area contributed by atoms with Gasteiger partial charge >= 0.3 is 6.03 Å². The summed E-state index contributed by atoms with van der Waals surface area (Å²) in [5.74, 6) is 1.79. The second-order valence-electron chi connectivity index (χ2n) is 6.35. The number of urea groups is 1. The lowest BCUT2D eigenvalue weighted by Gasteiger charge is -2.38. The minimum Gasteiger partial charge on any atom is -0.383 e. The standard InChI is InChI=1S/C16H25N5O2/c1-10-11(2)17-12(3)18-15(10)20-6-5-14-13(9-20)19-16(22)21(14)7-8-23-4/h13-14H,5-9H2,1-4H3,(H,19,22)/t13-,14+/m1/s1. The summed E-state index contributed by atoms with van der Waals surface area (Å²) in [6.45, 7) is 8.91. The van der Waals surface area contributed by atoms with Crippen molar-refractivity contribution in [1.29, 1.82) is 0 Å². The number of piperidine rings is 1. The van der Waals surface area contributed by atoms with Gasteiger partial charge in [-0.15, -0.1) is 0 Å². The van der Waals surface area contributed by atoms with Crippen LogP contribution in [0.2, 0.25) is 0 Å². The molecule has 1 N–H and O–H groups in total. The second-order valence-corrected chi connectivity index (χ2v) is 6.35. The number of ether oxygens (including phenoxy) is 1. The molecular weight excluding hydrogens is 294 g/mol. The average Bonchev–Trinajstić information content (AvgIpc) is 2.83. The van der Waals surface area contributed by atoms with Gasteiger partial charge in [-0.25, -0.2) is 14.8 Å². The first kappa shape index (κ1) is 16.0. The zero-order valence-corrected chi connectivity index (χ0v) is 14.3. The molecule has 2 fully saturated rings. The van der Waals surface area contributed by atoms with Crippen molar-refractivity contribution in [3.05, 3.63) is 17.1 Å². The maximum atomic E-state index is 12.2. The molecule has 0 saturated carbocycles. The number of nitrogens with zero attached hydrogens (tertiary/aromatic N) is 4. The summed E-state index contributed by atoms with van der Waals surface area (Å²) in [5, 5.41) is 3.11. The largest absolute Gasteiger partial charge is 0.383 e. The first-order valence-corrected chi connectivity index (χ1v) is 8.14. The van der Waals surface area contributed by atoms with E-state index in [-0.39, 0.29) is 18.1 Å². The van der Waals surface area contributed by atoms with Crippen LogP contribution in [0.1, 0.15) is 23.5 Å². The Morgan fingerprint density at radius 1 is 1.30 bits per heavy atom. The Morgan fingerprint density at radius 2 is 2.09 bits per heavy atom. The molecule has 2 aliphatic rings. The van der Waals surface area contributed by atoms with E-state index in [1.807, 2.05) is 18.7 Å². The molecule has 1 aromatic rings. The van der Waals surface area contributed by atoms with Gasteiger partial charge in [0, 0.05) is 38.0 Å². The van der Waals surface area contributed by atoms with Crippen LogP contribution in [0.4, 0.5) is 10.6 Å². The van der Waals surface area contributed by atoms with Gasteiger partial charge in [0.05, 0.1) is 18.7 Å². The number of aromatic nitrogens is 2. The molecule has 0 unspecified atom stereocenters. The third-order valence-corrected chi connectivity index (χ3v) is 4.86. The van der Waals surface area contributed by atoms with Gasteiger partial charge in [-0.2, -0.15) is 0 Å². The zero-order valence-electron chi connectivity index (χ0n) is 14.3. The van der Waals surface area contributed by atoms with Crippen LogP contribution in [0.3, 0.4) is 0 Å². The van der Waals surface area contributed by atoms with Crippen LogP contribution in [0.15, 0.2) is 0 Å². The van der Waals surface area contributed by atoms with Gasteiger partial charge in [-0.1, -0.05) is 0 Å². The molecule has 2 saturated heterocycles. The van der Waals surface area contributed by atoms with Gasteiger partial charge in [0.25, 0.3) is 0 Å². The van der Waals surface area contributed by atoms with Crippen molar-refractivity contribution < 1.29 is 9.53 Å². The molecule has 7 nitrogen and oxygen atoms in total. The summed E-state index contributed by atoms with van der Waals surface area (Å²) in [6, 6.07) is 0.409. The summed E-state index contributed by atoms with van der Waals surface area (Å²) in [5.41, 5.74) is 2.14. The third-order valence-electron chi connectivity index (χ3n) is 4.86.